The fourth-order valence-electron chi connectivity index (χ4n) is 2.74. The Balaban J connectivity index is 2.14. The van der Waals surface area contributed by atoms with Gasteiger partial charge in [0.2, 0.25) is 0 Å². The first-order chi connectivity index (χ1) is 11.4. The molecule has 0 saturated heterocycles. The van der Waals surface area contributed by atoms with E-state index in [0.29, 0.717) is 5.92 Å². The number of para-hydroxylation sites is 2. The van der Waals surface area contributed by atoms with E-state index in [4.69, 9.17) is 4.74 Å². The van der Waals surface area contributed by atoms with Gasteiger partial charge >= 0.3 is 0 Å². The van der Waals surface area contributed by atoms with Gasteiger partial charge < -0.3 is 10.1 Å². The van der Waals surface area contributed by atoms with Crippen LogP contribution >= 0.6 is 0 Å². The molecule has 0 aliphatic heterocycles. The van der Waals surface area contributed by atoms with Crippen LogP contribution < -0.4 is 10.1 Å². The van der Waals surface area contributed by atoms with Crippen LogP contribution in [0.5, 0.6) is 5.75 Å². The molecule has 0 radical (unpaired) electrons. The molecule has 0 aliphatic rings. The van der Waals surface area contributed by atoms with Gasteiger partial charge in [0, 0.05) is 5.69 Å². The van der Waals surface area contributed by atoms with E-state index < -0.39 is 6.10 Å². The molecule has 1 unspecified atom stereocenters. The van der Waals surface area contributed by atoms with Crippen LogP contribution in [0.3, 0.4) is 0 Å². The highest BCUT2D eigenvalue weighted by Crippen LogP contribution is 2.27. The molecule has 1 N–H and O–H groups in total. The van der Waals surface area contributed by atoms with Crippen molar-refractivity contribution in [2.75, 3.05) is 5.32 Å². The first-order valence-electron chi connectivity index (χ1n) is 8.59. The quantitative estimate of drug-likeness (QED) is 0.803. The molecule has 1 amide bonds. The third kappa shape index (κ3) is 4.16. The normalized spacial score (nSPS) is 12.1. The lowest BCUT2D eigenvalue weighted by Crippen LogP contribution is -2.31. The number of rotatable bonds is 6. The Bertz CT molecular complexity index is 707. The SMILES string of the molecule is CCc1cccc(C)c1NC(=O)C(C)Oc1ccccc1C(C)C. The van der Waals surface area contributed by atoms with Crippen molar-refractivity contribution >= 4 is 11.6 Å². The Kier molecular flexibility index (Phi) is 6.02. The lowest BCUT2D eigenvalue weighted by molar-refractivity contribution is -0.122. The van der Waals surface area contributed by atoms with Crippen molar-refractivity contribution in [3.8, 4) is 5.75 Å². The second-order valence-electron chi connectivity index (χ2n) is 6.40. The zero-order chi connectivity index (χ0) is 17.7. The number of nitrogens with one attached hydrogen (secondary N) is 1. The predicted octanol–water partition coefficient (Wildman–Crippen LogP) is 5.09. The number of hydrogen-bond acceptors (Lipinski definition) is 2. The maximum absolute atomic E-state index is 12.6. The van der Waals surface area contributed by atoms with Gasteiger partial charge in [-0.05, 0) is 48.9 Å². The minimum atomic E-state index is -0.561. The minimum absolute atomic E-state index is 0.127. The van der Waals surface area contributed by atoms with Crippen LogP contribution in [0.2, 0.25) is 0 Å². The van der Waals surface area contributed by atoms with Crippen molar-refractivity contribution in [1.82, 2.24) is 0 Å². The zero-order valence-electron chi connectivity index (χ0n) is 15.2. The third-order valence-corrected chi connectivity index (χ3v) is 4.20. The Morgan fingerprint density at radius 2 is 1.79 bits per heavy atom. The minimum Gasteiger partial charge on any atom is -0.481 e. The molecule has 0 aromatic heterocycles. The number of carbonyl (C=O) groups excluding carboxylic acids is 1. The Hall–Kier alpha value is -2.29. The monoisotopic (exact) mass is 325 g/mol. The van der Waals surface area contributed by atoms with Crippen LogP contribution in [-0.4, -0.2) is 12.0 Å². The van der Waals surface area contributed by atoms with Crippen LogP contribution in [-0.2, 0) is 11.2 Å². The van der Waals surface area contributed by atoms with Gasteiger partial charge in [-0.1, -0.05) is 57.2 Å². The molecule has 0 heterocycles. The topological polar surface area (TPSA) is 38.3 Å². The van der Waals surface area contributed by atoms with E-state index in [0.717, 1.165) is 34.5 Å². The van der Waals surface area contributed by atoms with Gasteiger partial charge in [0.1, 0.15) is 5.75 Å². The smallest absolute Gasteiger partial charge is 0.265 e. The molecule has 2 aromatic rings. The molecule has 0 aliphatic carbocycles. The molecule has 3 heteroatoms. The Labute approximate surface area is 145 Å². The van der Waals surface area contributed by atoms with Crippen LogP contribution in [0.1, 0.15) is 50.3 Å². The number of benzene rings is 2. The summed E-state index contributed by atoms with van der Waals surface area (Å²) in [5.74, 6) is 0.993. The highest BCUT2D eigenvalue weighted by molar-refractivity contribution is 5.95. The molecule has 0 saturated carbocycles. The predicted molar refractivity (Wildman–Crippen MR) is 99.8 cm³/mol. The van der Waals surface area contributed by atoms with Gasteiger partial charge in [-0.2, -0.15) is 0 Å². The van der Waals surface area contributed by atoms with Crippen molar-refractivity contribution in [3.05, 3.63) is 59.2 Å². The van der Waals surface area contributed by atoms with Crippen LogP contribution in [0.25, 0.3) is 0 Å². The summed E-state index contributed by atoms with van der Waals surface area (Å²) < 4.78 is 5.94. The average Bonchev–Trinajstić information content (AvgIpc) is 2.56. The number of ether oxygens (including phenoxy) is 1. The van der Waals surface area contributed by atoms with Gasteiger partial charge in [0.25, 0.3) is 5.91 Å². The average molecular weight is 325 g/mol. The number of carbonyl (C=O) groups is 1. The molecule has 3 nitrogen and oxygen atoms in total. The van der Waals surface area contributed by atoms with Gasteiger partial charge in [-0.3, -0.25) is 4.79 Å². The summed E-state index contributed by atoms with van der Waals surface area (Å²) in [6, 6.07) is 14.0. The second-order valence-corrected chi connectivity index (χ2v) is 6.40. The van der Waals surface area contributed by atoms with Gasteiger partial charge in [0.15, 0.2) is 6.10 Å². The highest BCUT2D eigenvalue weighted by atomic mass is 16.5. The first kappa shape index (κ1) is 18.1. The first-order valence-corrected chi connectivity index (χ1v) is 8.59. The maximum atomic E-state index is 12.6. The van der Waals surface area contributed by atoms with Crippen molar-refractivity contribution < 1.29 is 9.53 Å². The Morgan fingerprint density at radius 1 is 1.08 bits per heavy atom. The van der Waals surface area contributed by atoms with E-state index in [2.05, 4.69) is 26.1 Å². The number of anilines is 1. The summed E-state index contributed by atoms with van der Waals surface area (Å²) in [4.78, 5) is 12.6. The lowest BCUT2D eigenvalue weighted by Gasteiger charge is -2.20. The standard InChI is InChI=1S/C21H27NO2/c1-6-17-11-9-10-15(4)20(17)22-21(23)16(5)24-19-13-8-7-12-18(19)14(2)3/h7-14,16H,6H2,1-5H3,(H,22,23). The summed E-state index contributed by atoms with van der Waals surface area (Å²) in [5, 5.41) is 3.03. The van der Waals surface area contributed by atoms with Crippen molar-refractivity contribution in [2.45, 2.75) is 53.1 Å². The van der Waals surface area contributed by atoms with E-state index in [1.165, 1.54) is 0 Å². The van der Waals surface area contributed by atoms with Crippen LogP contribution in [0.15, 0.2) is 42.5 Å². The van der Waals surface area contributed by atoms with Gasteiger partial charge in [-0.15, -0.1) is 0 Å². The number of amides is 1. The molecule has 128 valence electrons. The van der Waals surface area contributed by atoms with E-state index in [-0.39, 0.29) is 5.91 Å². The lowest BCUT2D eigenvalue weighted by atomic mass is 10.0. The maximum Gasteiger partial charge on any atom is 0.265 e. The highest BCUT2D eigenvalue weighted by Gasteiger charge is 2.19. The van der Waals surface area contributed by atoms with Gasteiger partial charge in [0.05, 0.1) is 0 Å². The fraction of sp³-hybridized carbons (Fsp3) is 0.381. The Morgan fingerprint density at radius 3 is 2.46 bits per heavy atom. The molecule has 0 spiro atoms. The number of hydrogen-bond donors (Lipinski definition) is 1. The summed E-state index contributed by atoms with van der Waals surface area (Å²) in [7, 11) is 0. The largest absolute Gasteiger partial charge is 0.481 e. The molecule has 24 heavy (non-hydrogen) atoms. The molecular formula is C21H27NO2. The van der Waals surface area contributed by atoms with E-state index in [1.54, 1.807) is 6.92 Å². The van der Waals surface area contributed by atoms with E-state index >= 15 is 0 Å². The summed E-state index contributed by atoms with van der Waals surface area (Å²) in [5.41, 5.74) is 4.22. The van der Waals surface area contributed by atoms with Gasteiger partial charge in [-0.25, -0.2) is 0 Å². The zero-order valence-corrected chi connectivity index (χ0v) is 15.2. The molecule has 1 atom stereocenters. The van der Waals surface area contributed by atoms with E-state index in [1.807, 2.05) is 49.4 Å². The molecular weight excluding hydrogens is 298 g/mol. The molecule has 0 bridgehead atoms. The molecule has 2 aromatic carbocycles. The number of aryl methyl sites for hydroxylation is 2. The van der Waals surface area contributed by atoms with E-state index in [9.17, 15) is 4.79 Å². The third-order valence-electron chi connectivity index (χ3n) is 4.20. The molecule has 2 rings (SSSR count). The summed E-state index contributed by atoms with van der Waals surface area (Å²) in [6.45, 7) is 10.1. The fourth-order valence-corrected chi connectivity index (χ4v) is 2.74. The second kappa shape index (κ2) is 8.00. The summed E-state index contributed by atoms with van der Waals surface area (Å²) >= 11 is 0. The molecule has 0 fully saturated rings. The van der Waals surface area contributed by atoms with Crippen LogP contribution in [0.4, 0.5) is 5.69 Å². The van der Waals surface area contributed by atoms with Crippen LogP contribution in [0, 0.1) is 6.92 Å². The van der Waals surface area contributed by atoms with Crippen molar-refractivity contribution in [1.29, 1.82) is 0 Å². The van der Waals surface area contributed by atoms with Crippen molar-refractivity contribution in [3.63, 3.8) is 0 Å². The van der Waals surface area contributed by atoms with Crippen molar-refractivity contribution in [2.24, 2.45) is 0 Å². The summed E-state index contributed by atoms with van der Waals surface area (Å²) in [6.07, 6.45) is 0.317.